The smallest absolute Gasteiger partial charge is 0.127 e. The quantitative estimate of drug-likeness (QED) is 0.865. The Morgan fingerprint density at radius 2 is 1.91 bits per heavy atom. The van der Waals surface area contributed by atoms with E-state index in [4.69, 9.17) is 9.47 Å². The molecule has 1 aromatic rings. The molecule has 2 aliphatic rings. The van der Waals surface area contributed by atoms with Crippen molar-refractivity contribution in [2.75, 3.05) is 40.5 Å². The number of nitrogens with zero attached hydrogens (tertiary/aromatic N) is 2. The lowest BCUT2D eigenvalue weighted by atomic mass is 10.0. The van der Waals surface area contributed by atoms with Crippen LogP contribution in [0.25, 0.3) is 0 Å². The Bertz CT molecular complexity index is 501. The van der Waals surface area contributed by atoms with Gasteiger partial charge in [0.1, 0.15) is 11.5 Å². The van der Waals surface area contributed by atoms with Crippen molar-refractivity contribution in [3.8, 4) is 11.5 Å². The van der Waals surface area contributed by atoms with E-state index >= 15 is 0 Å². The minimum Gasteiger partial charge on any atom is -0.496 e. The van der Waals surface area contributed by atoms with Gasteiger partial charge >= 0.3 is 0 Å². The number of hydrogen-bond donors (Lipinski definition) is 1. The summed E-state index contributed by atoms with van der Waals surface area (Å²) in [6, 6.07) is 6.99. The summed E-state index contributed by atoms with van der Waals surface area (Å²) in [7, 11) is 3.41. The molecule has 23 heavy (non-hydrogen) atoms. The van der Waals surface area contributed by atoms with Gasteiger partial charge in [-0.05, 0) is 37.9 Å². The van der Waals surface area contributed by atoms with Crippen LogP contribution in [0.1, 0.15) is 24.8 Å². The first-order chi connectivity index (χ1) is 11.3. The predicted octanol–water partition coefficient (Wildman–Crippen LogP) is 1.73. The molecule has 2 aliphatic heterocycles. The Hall–Kier alpha value is -1.30. The first-order valence-corrected chi connectivity index (χ1v) is 8.55. The van der Waals surface area contributed by atoms with Crippen molar-refractivity contribution in [3.63, 3.8) is 0 Å². The Kier molecular flexibility index (Phi) is 5.41. The largest absolute Gasteiger partial charge is 0.496 e. The molecule has 1 aromatic carbocycles. The van der Waals surface area contributed by atoms with Gasteiger partial charge in [0.2, 0.25) is 0 Å². The average molecular weight is 320 g/mol. The number of aliphatic hydroxyl groups excluding tert-OH is 1. The number of piperazine rings is 1. The molecule has 2 fully saturated rings. The van der Waals surface area contributed by atoms with Crippen LogP contribution in [0.5, 0.6) is 11.5 Å². The fraction of sp³-hybridized carbons (Fsp3) is 0.667. The van der Waals surface area contributed by atoms with Crippen LogP contribution < -0.4 is 9.47 Å². The summed E-state index contributed by atoms with van der Waals surface area (Å²) in [5.74, 6) is 1.75. The topological polar surface area (TPSA) is 45.2 Å². The highest BCUT2D eigenvalue weighted by atomic mass is 16.5. The first-order valence-electron chi connectivity index (χ1n) is 8.55. The van der Waals surface area contributed by atoms with Gasteiger partial charge in [0, 0.05) is 38.3 Å². The van der Waals surface area contributed by atoms with Crippen LogP contribution >= 0.6 is 0 Å². The minimum atomic E-state index is 0.239. The molecule has 1 unspecified atom stereocenters. The number of fused-ring (bicyclic) bond motifs is 1. The van der Waals surface area contributed by atoms with Crippen molar-refractivity contribution in [3.05, 3.63) is 23.8 Å². The number of hydrogen-bond acceptors (Lipinski definition) is 5. The molecule has 0 bridgehead atoms. The van der Waals surface area contributed by atoms with Gasteiger partial charge in [-0.3, -0.25) is 9.80 Å². The molecule has 0 aliphatic carbocycles. The number of ether oxygens (including phenoxy) is 2. The van der Waals surface area contributed by atoms with Crippen LogP contribution in [0.2, 0.25) is 0 Å². The van der Waals surface area contributed by atoms with Crippen LogP contribution in [-0.4, -0.2) is 67.5 Å². The zero-order chi connectivity index (χ0) is 16.2. The van der Waals surface area contributed by atoms with Crippen LogP contribution in [-0.2, 0) is 6.54 Å². The third-order valence-electron chi connectivity index (χ3n) is 5.26. The third-order valence-corrected chi connectivity index (χ3v) is 5.26. The number of methoxy groups -OCH3 is 2. The fourth-order valence-electron chi connectivity index (χ4n) is 4.05. The molecule has 0 spiro atoms. The van der Waals surface area contributed by atoms with Crippen molar-refractivity contribution in [2.24, 2.45) is 0 Å². The summed E-state index contributed by atoms with van der Waals surface area (Å²) < 4.78 is 11.1. The summed E-state index contributed by atoms with van der Waals surface area (Å²) >= 11 is 0. The van der Waals surface area contributed by atoms with E-state index in [9.17, 15) is 5.11 Å². The van der Waals surface area contributed by atoms with Gasteiger partial charge < -0.3 is 14.6 Å². The average Bonchev–Trinajstić information content (AvgIpc) is 3.02. The van der Waals surface area contributed by atoms with Crippen LogP contribution in [0.3, 0.4) is 0 Å². The summed E-state index contributed by atoms with van der Waals surface area (Å²) in [6.07, 6.45) is 3.40. The van der Waals surface area contributed by atoms with E-state index in [2.05, 4.69) is 9.80 Å². The van der Waals surface area contributed by atoms with Crippen molar-refractivity contribution in [2.45, 2.75) is 37.9 Å². The lowest BCUT2D eigenvalue weighted by Gasteiger charge is -2.44. The molecule has 2 heterocycles. The molecule has 128 valence electrons. The van der Waals surface area contributed by atoms with Crippen LogP contribution in [0, 0.1) is 0 Å². The van der Waals surface area contributed by atoms with E-state index in [0.717, 1.165) is 43.1 Å². The van der Waals surface area contributed by atoms with E-state index in [0.29, 0.717) is 12.1 Å². The minimum absolute atomic E-state index is 0.239. The van der Waals surface area contributed by atoms with Gasteiger partial charge in [-0.1, -0.05) is 6.07 Å². The van der Waals surface area contributed by atoms with E-state index in [1.54, 1.807) is 14.2 Å². The van der Waals surface area contributed by atoms with Gasteiger partial charge in [0.15, 0.2) is 0 Å². The molecule has 0 saturated carbocycles. The summed E-state index contributed by atoms with van der Waals surface area (Å²) in [4.78, 5) is 5.10. The second-order valence-electron chi connectivity index (χ2n) is 6.53. The Morgan fingerprint density at radius 1 is 1.17 bits per heavy atom. The molecule has 2 saturated heterocycles. The van der Waals surface area contributed by atoms with Gasteiger partial charge in [-0.15, -0.1) is 0 Å². The standard InChI is InChI=1S/C18H28N2O3/c1-22-17-6-3-7-18(23-2)16(17)13-20-12-14-5-4-9-19(14)11-15(20)8-10-21/h3,6-7,14-15,21H,4-5,8-13H2,1-2H3/t14?,15-/m1/s1. The number of benzene rings is 1. The van der Waals surface area contributed by atoms with Crippen LogP contribution in [0.15, 0.2) is 18.2 Å². The SMILES string of the molecule is COc1cccc(OC)c1CN1CC2CCCN2C[C@H]1CCO. The summed E-state index contributed by atoms with van der Waals surface area (Å²) in [5.41, 5.74) is 1.10. The number of aliphatic hydroxyl groups is 1. The van der Waals surface area contributed by atoms with Crippen molar-refractivity contribution < 1.29 is 14.6 Å². The zero-order valence-corrected chi connectivity index (χ0v) is 14.2. The van der Waals surface area contributed by atoms with E-state index in [1.165, 1.54) is 19.4 Å². The molecular formula is C18H28N2O3. The number of rotatable bonds is 6. The maximum absolute atomic E-state index is 9.45. The molecule has 2 atom stereocenters. The predicted molar refractivity (Wildman–Crippen MR) is 90.0 cm³/mol. The molecule has 3 rings (SSSR count). The second kappa shape index (κ2) is 7.51. The van der Waals surface area contributed by atoms with Gasteiger partial charge in [-0.25, -0.2) is 0 Å². The summed E-state index contributed by atoms with van der Waals surface area (Å²) in [5, 5.41) is 9.45. The Balaban J connectivity index is 1.82. The highest BCUT2D eigenvalue weighted by Gasteiger charge is 2.36. The molecule has 5 heteroatoms. The highest BCUT2D eigenvalue weighted by Crippen LogP contribution is 2.33. The molecular weight excluding hydrogens is 292 g/mol. The van der Waals surface area contributed by atoms with Crippen LogP contribution in [0.4, 0.5) is 0 Å². The lowest BCUT2D eigenvalue weighted by Crippen LogP contribution is -2.55. The van der Waals surface area contributed by atoms with Crippen molar-refractivity contribution in [1.82, 2.24) is 9.80 Å². The Morgan fingerprint density at radius 3 is 2.57 bits per heavy atom. The lowest BCUT2D eigenvalue weighted by molar-refractivity contribution is 0.0325. The molecule has 0 aromatic heterocycles. The third kappa shape index (κ3) is 3.47. The molecule has 5 nitrogen and oxygen atoms in total. The molecule has 0 amide bonds. The maximum Gasteiger partial charge on any atom is 0.127 e. The summed E-state index contributed by atoms with van der Waals surface area (Å²) in [6.45, 7) is 4.37. The van der Waals surface area contributed by atoms with Crippen molar-refractivity contribution in [1.29, 1.82) is 0 Å². The van der Waals surface area contributed by atoms with E-state index < -0.39 is 0 Å². The van der Waals surface area contributed by atoms with Gasteiger partial charge in [0.05, 0.1) is 19.8 Å². The zero-order valence-electron chi connectivity index (χ0n) is 14.2. The molecule has 0 radical (unpaired) electrons. The normalized spacial score (nSPS) is 25.3. The second-order valence-corrected chi connectivity index (χ2v) is 6.53. The maximum atomic E-state index is 9.45. The fourth-order valence-corrected chi connectivity index (χ4v) is 4.05. The van der Waals surface area contributed by atoms with Gasteiger partial charge in [-0.2, -0.15) is 0 Å². The van der Waals surface area contributed by atoms with Gasteiger partial charge in [0.25, 0.3) is 0 Å². The van der Waals surface area contributed by atoms with E-state index in [1.807, 2.05) is 18.2 Å². The monoisotopic (exact) mass is 320 g/mol. The Labute approximate surface area is 138 Å². The highest BCUT2D eigenvalue weighted by molar-refractivity contribution is 5.44. The van der Waals surface area contributed by atoms with E-state index in [-0.39, 0.29) is 6.61 Å². The molecule has 1 N–H and O–H groups in total. The van der Waals surface area contributed by atoms with Crippen molar-refractivity contribution >= 4 is 0 Å². The first kappa shape index (κ1) is 16.6.